The van der Waals surface area contributed by atoms with Crippen LogP contribution in [0.1, 0.15) is 5.56 Å². The highest BCUT2D eigenvalue weighted by molar-refractivity contribution is 6.53. The van der Waals surface area contributed by atoms with Gasteiger partial charge in [-0.15, -0.1) is 0 Å². The van der Waals surface area contributed by atoms with Crippen molar-refractivity contribution < 1.29 is 14.3 Å². The largest absolute Gasteiger partial charge is 0.497 e. The lowest BCUT2D eigenvalue weighted by Gasteiger charge is -2.23. The summed E-state index contributed by atoms with van der Waals surface area (Å²) in [5.41, 5.74) is 0.972. The molecule has 0 aliphatic rings. The molecule has 106 valence electrons. The molecule has 0 N–H and O–H groups in total. The first-order chi connectivity index (χ1) is 9.08. The van der Waals surface area contributed by atoms with E-state index in [1.165, 1.54) is 0 Å². The predicted octanol–water partition coefficient (Wildman–Crippen LogP) is 2.47. The van der Waals surface area contributed by atoms with Crippen LogP contribution in [0, 0.1) is 0 Å². The molecule has 0 atom stereocenters. The van der Waals surface area contributed by atoms with Crippen LogP contribution in [-0.4, -0.2) is 43.0 Å². The van der Waals surface area contributed by atoms with Crippen LogP contribution in [0.4, 0.5) is 0 Å². The van der Waals surface area contributed by atoms with Crippen molar-refractivity contribution in [3.05, 3.63) is 29.8 Å². The number of benzene rings is 1. The molecule has 1 aromatic rings. The molecular formula is C13H17Cl2NO3. The molecule has 19 heavy (non-hydrogen) atoms. The highest BCUT2D eigenvalue weighted by atomic mass is 35.5. The first-order valence-corrected chi connectivity index (χ1v) is 6.64. The standard InChI is InChI=1S/C13H17Cl2NO3/c1-18-8-7-16(13(17)12(14)15)9-10-3-5-11(19-2)6-4-10/h3-6,12H,7-9H2,1-2H3. The number of alkyl halides is 2. The molecule has 0 aliphatic heterocycles. The number of hydrogen-bond acceptors (Lipinski definition) is 3. The molecule has 0 fully saturated rings. The number of carbonyl (C=O) groups is 1. The summed E-state index contributed by atoms with van der Waals surface area (Å²) in [4.78, 5) is 12.4. The van der Waals surface area contributed by atoms with Crippen LogP contribution in [0.25, 0.3) is 0 Å². The first kappa shape index (κ1) is 16.1. The summed E-state index contributed by atoms with van der Waals surface area (Å²) < 4.78 is 10.1. The molecule has 1 aromatic carbocycles. The Kier molecular flexibility index (Phi) is 6.99. The van der Waals surface area contributed by atoms with Gasteiger partial charge in [-0.25, -0.2) is 0 Å². The van der Waals surface area contributed by atoms with Crippen molar-refractivity contribution in [3.8, 4) is 5.75 Å². The third-order valence-electron chi connectivity index (χ3n) is 2.60. The quantitative estimate of drug-likeness (QED) is 0.727. The molecule has 0 radical (unpaired) electrons. The SMILES string of the molecule is COCCN(Cc1ccc(OC)cc1)C(=O)C(Cl)Cl. The predicted molar refractivity (Wildman–Crippen MR) is 75.8 cm³/mol. The third kappa shape index (κ3) is 5.27. The fourth-order valence-electron chi connectivity index (χ4n) is 1.56. The lowest BCUT2D eigenvalue weighted by molar-refractivity contribution is -0.130. The number of carbonyl (C=O) groups excluding carboxylic acids is 1. The molecule has 0 aromatic heterocycles. The van der Waals surface area contributed by atoms with E-state index in [1.54, 1.807) is 19.1 Å². The fraction of sp³-hybridized carbons (Fsp3) is 0.462. The van der Waals surface area contributed by atoms with Gasteiger partial charge in [-0.3, -0.25) is 4.79 Å². The van der Waals surface area contributed by atoms with Crippen LogP contribution in [0.2, 0.25) is 0 Å². The van der Waals surface area contributed by atoms with Gasteiger partial charge in [0.05, 0.1) is 13.7 Å². The van der Waals surface area contributed by atoms with Gasteiger partial charge in [-0.05, 0) is 17.7 Å². The van der Waals surface area contributed by atoms with Crippen LogP contribution in [0.3, 0.4) is 0 Å². The number of amides is 1. The number of rotatable bonds is 7. The Morgan fingerprint density at radius 1 is 1.26 bits per heavy atom. The maximum absolute atomic E-state index is 11.9. The second-order valence-corrected chi connectivity index (χ2v) is 5.00. The van der Waals surface area contributed by atoms with Gasteiger partial charge >= 0.3 is 0 Å². The summed E-state index contributed by atoms with van der Waals surface area (Å²) in [7, 11) is 3.18. The molecule has 0 bridgehead atoms. The molecule has 1 rings (SSSR count). The number of nitrogens with zero attached hydrogens (tertiary/aromatic N) is 1. The maximum Gasteiger partial charge on any atom is 0.256 e. The van der Waals surface area contributed by atoms with Crippen LogP contribution < -0.4 is 4.74 Å². The molecular weight excluding hydrogens is 289 g/mol. The number of hydrogen-bond donors (Lipinski definition) is 0. The molecule has 0 saturated carbocycles. The normalized spacial score (nSPS) is 10.6. The van der Waals surface area contributed by atoms with Gasteiger partial charge in [0.2, 0.25) is 0 Å². The molecule has 1 amide bonds. The lowest BCUT2D eigenvalue weighted by Crippen LogP contribution is -2.36. The Labute approximate surface area is 123 Å². The van der Waals surface area contributed by atoms with E-state index in [0.717, 1.165) is 11.3 Å². The van der Waals surface area contributed by atoms with Gasteiger partial charge in [0.25, 0.3) is 5.91 Å². The van der Waals surface area contributed by atoms with Gasteiger partial charge in [-0.1, -0.05) is 35.3 Å². The summed E-state index contributed by atoms with van der Waals surface area (Å²) in [5, 5.41) is 0. The molecule has 0 spiro atoms. The summed E-state index contributed by atoms with van der Waals surface area (Å²) in [6.07, 6.45) is 0. The first-order valence-electron chi connectivity index (χ1n) is 5.77. The average molecular weight is 306 g/mol. The molecule has 0 aliphatic carbocycles. The Bertz CT molecular complexity index is 395. The fourth-order valence-corrected chi connectivity index (χ4v) is 1.83. The summed E-state index contributed by atoms with van der Waals surface area (Å²) in [5.74, 6) is 0.447. The van der Waals surface area contributed by atoms with Gasteiger partial charge in [0.15, 0.2) is 4.84 Å². The van der Waals surface area contributed by atoms with E-state index in [1.807, 2.05) is 24.3 Å². The van der Waals surface area contributed by atoms with Crippen molar-refractivity contribution in [2.45, 2.75) is 11.4 Å². The van der Waals surface area contributed by atoms with E-state index in [9.17, 15) is 4.79 Å². The van der Waals surface area contributed by atoms with E-state index in [-0.39, 0.29) is 5.91 Å². The van der Waals surface area contributed by atoms with Crippen molar-refractivity contribution in [2.75, 3.05) is 27.4 Å². The summed E-state index contributed by atoms with van der Waals surface area (Å²) in [6, 6.07) is 7.47. The average Bonchev–Trinajstić information content (AvgIpc) is 2.43. The molecule has 6 heteroatoms. The Morgan fingerprint density at radius 2 is 1.89 bits per heavy atom. The van der Waals surface area contributed by atoms with Crippen molar-refractivity contribution in [3.63, 3.8) is 0 Å². The molecule has 0 saturated heterocycles. The van der Waals surface area contributed by atoms with Gasteiger partial charge in [0, 0.05) is 20.2 Å². The van der Waals surface area contributed by atoms with E-state index >= 15 is 0 Å². The van der Waals surface area contributed by atoms with Crippen molar-refractivity contribution >= 4 is 29.1 Å². The second-order valence-electron chi connectivity index (χ2n) is 3.90. The van der Waals surface area contributed by atoms with Crippen molar-refractivity contribution in [2.24, 2.45) is 0 Å². The van der Waals surface area contributed by atoms with E-state index in [0.29, 0.717) is 19.7 Å². The zero-order valence-corrected chi connectivity index (χ0v) is 12.4. The lowest BCUT2D eigenvalue weighted by atomic mass is 10.2. The smallest absolute Gasteiger partial charge is 0.256 e. The zero-order valence-electron chi connectivity index (χ0n) is 10.9. The maximum atomic E-state index is 11.9. The van der Waals surface area contributed by atoms with Gasteiger partial charge < -0.3 is 14.4 Å². The van der Waals surface area contributed by atoms with Gasteiger partial charge in [0.1, 0.15) is 5.75 Å². The summed E-state index contributed by atoms with van der Waals surface area (Å²) in [6.45, 7) is 1.31. The van der Waals surface area contributed by atoms with Crippen LogP contribution in [0.15, 0.2) is 24.3 Å². The molecule has 0 unspecified atom stereocenters. The van der Waals surface area contributed by atoms with E-state index in [4.69, 9.17) is 32.7 Å². The monoisotopic (exact) mass is 305 g/mol. The van der Waals surface area contributed by atoms with Gasteiger partial charge in [-0.2, -0.15) is 0 Å². The minimum atomic E-state index is -1.06. The number of halogens is 2. The minimum Gasteiger partial charge on any atom is -0.497 e. The summed E-state index contributed by atoms with van der Waals surface area (Å²) >= 11 is 11.3. The van der Waals surface area contributed by atoms with Crippen LogP contribution in [-0.2, 0) is 16.1 Å². The third-order valence-corrected chi connectivity index (χ3v) is 2.97. The highest BCUT2D eigenvalue weighted by Gasteiger charge is 2.20. The highest BCUT2D eigenvalue weighted by Crippen LogP contribution is 2.15. The Balaban J connectivity index is 2.72. The van der Waals surface area contributed by atoms with E-state index < -0.39 is 4.84 Å². The van der Waals surface area contributed by atoms with Crippen LogP contribution >= 0.6 is 23.2 Å². The number of methoxy groups -OCH3 is 2. The van der Waals surface area contributed by atoms with E-state index in [2.05, 4.69) is 0 Å². The van der Waals surface area contributed by atoms with Crippen molar-refractivity contribution in [1.82, 2.24) is 4.90 Å². The zero-order chi connectivity index (χ0) is 14.3. The second kappa shape index (κ2) is 8.25. The topological polar surface area (TPSA) is 38.8 Å². The molecule has 0 heterocycles. The van der Waals surface area contributed by atoms with Crippen molar-refractivity contribution in [1.29, 1.82) is 0 Å². The number of ether oxygens (including phenoxy) is 2. The Hall–Kier alpha value is -0.970. The minimum absolute atomic E-state index is 0.323. The van der Waals surface area contributed by atoms with Crippen LogP contribution in [0.5, 0.6) is 5.75 Å². The Morgan fingerprint density at radius 3 is 2.37 bits per heavy atom. The molecule has 4 nitrogen and oxygen atoms in total.